The van der Waals surface area contributed by atoms with E-state index in [0.717, 1.165) is 0 Å². The molecular weight excluding hydrogens is 268 g/mol. The zero-order chi connectivity index (χ0) is 14.5. The summed E-state index contributed by atoms with van der Waals surface area (Å²) in [5.41, 5.74) is 0. The number of rotatable bonds is 4. The first kappa shape index (κ1) is 22.0. The van der Waals surface area contributed by atoms with Crippen molar-refractivity contribution in [3.8, 4) is 0 Å². The summed E-state index contributed by atoms with van der Waals surface area (Å²) in [6.45, 7) is 7.63. The maximum absolute atomic E-state index is 9.79. The fraction of sp³-hybridized carbons (Fsp3) is 1.00. The molecule has 8 heteroatoms. The van der Waals surface area contributed by atoms with Gasteiger partial charge in [0.25, 0.3) is 20.2 Å². The van der Waals surface area contributed by atoms with E-state index < -0.39 is 20.2 Å². The molecule has 6 nitrogen and oxygen atoms in total. The Balaban J connectivity index is -0.000000188. The third-order valence-electron chi connectivity index (χ3n) is 0.924. The van der Waals surface area contributed by atoms with Crippen LogP contribution in [-0.4, -0.2) is 37.4 Å². The molecule has 0 aliphatic heterocycles. The lowest BCUT2D eigenvalue weighted by molar-refractivity contribution is 0.480. The van der Waals surface area contributed by atoms with Crippen molar-refractivity contribution in [3.63, 3.8) is 0 Å². The van der Waals surface area contributed by atoms with Crippen molar-refractivity contribution in [3.05, 3.63) is 0 Å². The highest BCUT2D eigenvalue weighted by molar-refractivity contribution is 7.86. The summed E-state index contributed by atoms with van der Waals surface area (Å²) >= 11 is 0. The monoisotopic (exact) mass is 292 g/mol. The van der Waals surface area contributed by atoms with Crippen LogP contribution in [0.1, 0.15) is 47.0 Å². The maximum atomic E-state index is 9.79. The van der Waals surface area contributed by atoms with Crippen LogP contribution in [0.3, 0.4) is 0 Å². The van der Waals surface area contributed by atoms with E-state index in [1.54, 1.807) is 13.8 Å². The van der Waals surface area contributed by atoms with Crippen molar-refractivity contribution in [2.24, 2.45) is 0 Å². The molecule has 0 atom stereocenters. The highest BCUT2D eigenvalue weighted by Crippen LogP contribution is 1.84. The third kappa shape index (κ3) is 49.4. The van der Waals surface area contributed by atoms with Gasteiger partial charge in [0.05, 0.1) is 11.5 Å². The molecule has 0 fully saturated rings. The van der Waals surface area contributed by atoms with Crippen molar-refractivity contribution in [1.29, 1.82) is 0 Å². The summed E-state index contributed by atoms with van der Waals surface area (Å²) in [5, 5.41) is 0. The van der Waals surface area contributed by atoms with Crippen LogP contribution in [0.5, 0.6) is 0 Å². The van der Waals surface area contributed by atoms with Gasteiger partial charge in [-0.15, -0.1) is 0 Å². The Bertz CT molecular complexity index is 296. The van der Waals surface area contributed by atoms with Crippen molar-refractivity contribution >= 4 is 20.2 Å². The SMILES string of the molecule is CCC.CCCS(=O)(=O)O.CCCS(=O)(=O)O. The second-order valence-corrected chi connectivity index (χ2v) is 6.42. The molecular formula is C9H24O6S2. The maximum Gasteiger partial charge on any atom is 0.264 e. The lowest BCUT2D eigenvalue weighted by atomic mass is 10.6. The van der Waals surface area contributed by atoms with Gasteiger partial charge in [0.1, 0.15) is 0 Å². The molecule has 2 N–H and O–H groups in total. The van der Waals surface area contributed by atoms with E-state index in [9.17, 15) is 16.8 Å². The average molecular weight is 292 g/mol. The van der Waals surface area contributed by atoms with Crippen LogP contribution < -0.4 is 0 Å². The molecule has 0 saturated carbocycles. The van der Waals surface area contributed by atoms with Gasteiger partial charge in [-0.25, -0.2) is 0 Å². The van der Waals surface area contributed by atoms with E-state index in [0.29, 0.717) is 12.8 Å². The minimum Gasteiger partial charge on any atom is -0.286 e. The van der Waals surface area contributed by atoms with Crippen LogP contribution in [0.4, 0.5) is 0 Å². The third-order valence-corrected chi connectivity index (χ3v) is 2.77. The Labute approximate surface area is 105 Å². The van der Waals surface area contributed by atoms with Gasteiger partial charge >= 0.3 is 0 Å². The molecule has 0 amide bonds. The molecule has 0 heterocycles. The van der Waals surface area contributed by atoms with Gasteiger partial charge < -0.3 is 0 Å². The molecule has 17 heavy (non-hydrogen) atoms. The van der Waals surface area contributed by atoms with Gasteiger partial charge in [-0.1, -0.05) is 34.1 Å². The normalized spacial score (nSPS) is 10.7. The molecule has 0 aliphatic carbocycles. The second kappa shape index (κ2) is 12.3. The Morgan fingerprint density at radius 2 is 0.882 bits per heavy atom. The van der Waals surface area contributed by atoms with Gasteiger partial charge in [-0.05, 0) is 12.8 Å². The standard InChI is InChI=1S/2C3H8O3S.C3H8/c2*1-2-3-7(4,5)6;1-3-2/h2*2-3H2,1H3,(H,4,5,6);3H2,1-2H3. The van der Waals surface area contributed by atoms with Gasteiger partial charge in [0.2, 0.25) is 0 Å². The number of hydrogen-bond acceptors (Lipinski definition) is 4. The minimum absolute atomic E-state index is 0.132. The highest BCUT2D eigenvalue weighted by Gasteiger charge is 1.98. The van der Waals surface area contributed by atoms with Crippen LogP contribution >= 0.6 is 0 Å². The Hall–Kier alpha value is -0.180. The highest BCUT2D eigenvalue weighted by atomic mass is 32.2. The molecule has 0 aliphatic rings. The largest absolute Gasteiger partial charge is 0.286 e. The fourth-order valence-electron chi connectivity index (χ4n) is 0.516. The molecule has 0 aromatic rings. The van der Waals surface area contributed by atoms with Gasteiger partial charge in [0.15, 0.2) is 0 Å². The van der Waals surface area contributed by atoms with Crippen LogP contribution in [0, 0.1) is 0 Å². The van der Waals surface area contributed by atoms with E-state index in [4.69, 9.17) is 9.11 Å². The first-order chi connectivity index (χ1) is 7.54. The van der Waals surface area contributed by atoms with Crippen molar-refractivity contribution in [2.45, 2.75) is 47.0 Å². The van der Waals surface area contributed by atoms with E-state index in [1.807, 2.05) is 0 Å². The summed E-state index contributed by atoms with van der Waals surface area (Å²) in [4.78, 5) is 0. The number of hydrogen-bond donors (Lipinski definition) is 2. The molecule has 0 saturated heterocycles. The van der Waals surface area contributed by atoms with Crippen molar-refractivity contribution in [1.82, 2.24) is 0 Å². The lowest BCUT2D eigenvalue weighted by Crippen LogP contribution is -2.01. The van der Waals surface area contributed by atoms with Gasteiger partial charge in [-0.2, -0.15) is 16.8 Å². The predicted octanol–water partition coefficient (Wildman–Crippen LogP) is 1.98. The van der Waals surface area contributed by atoms with Crippen molar-refractivity contribution < 1.29 is 25.9 Å². The molecule has 0 spiro atoms. The summed E-state index contributed by atoms with van der Waals surface area (Å²) < 4.78 is 55.1. The second-order valence-electron chi connectivity index (χ2n) is 3.28. The quantitative estimate of drug-likeness (QED) is 0.767. The minimum atomic E-state index is -3.67. The Morgan fingerprint density at radius 3 is 0.882 bits per heavy atom. The van der Waals surface area contributed by atoms with Crippen LogP contribution in [0.15, 0.2) is 0 Å². The Kier molecular flexibility index (Phi) is 15.9. The van der Waals surface area contributed by atoms with Crippen LogP contribution in [0.25, 0.3) is 0 Å². The first-order valence-electron chi connectivity index (χ1n) is 5.44. The molecule has 0 aromatic carbocycles. The van der Waals surface area contributed by atoms with Crippen molar-refractivity contribution in [2.75, 3.05) is 11.5 Å². The van der Waals surface area contributed by atoms with Crippen LogP contribution in [0.2, 0.25) is 0 Å². The molecule has 0 unspecified atom stereocenters. The topological polar surface area (TPSA) is 109 Å². The summed E-state index contributed by atoms with van der Waals surface area (Å²) in [5.74, 6) is -0.264. The van der Waals surface area contributed by atoms with Gasteiger partial charge in [0, 0.05) is 0 Å². The molecule has 0 bridgehead atoms. The Morgan fingerprint density at radius 1 is 0.706 bits per heavy atom. The average Bonchev–Trinajstić information content (AvgIpc) is 2.01. The summed E-state index contributed by atoms with van der Waals surface area (Å²) in [6.07, 6.45) is 2.19. The predicted molar refractivity (Wildman–Crippen MR) is 69.4 cm³/mol. The molecule has 108 valence electrons. The van der Waals surface area contributed by atoms with E-state index in [2.05, 4.69) is 13.8 Å². The van der Waals surface area contributed by atoms with E-state index in [-0.39, 0.29) is 11.5 Å². The van der Waals surface area contributed by atoms with Gasteiger partial charge in [-0.3, -0.25) is 9.11 Å². The zero-order valence-corrected chi connectivity index (χ0v) is 12.5. The summed E-state index contributed by atoms with van der Waals surface area (Å²) in [6, 6.07) is 0. The first-order valence-corrected chi connectivity index (χ1v) is 8.66. The smallest absolute Gasteiger partial charge is 0.264 e. The van der Waals surface area contributed by atoms with Crippen LogP contribution in [-0.2, 0) is 20.2 Å². The lowest BCUT2D eigenvalue weighted by Gasteiger charge is -1.86. The fourth-order valence-corrected chi connectivity index (χ4v) is 1.55. The molecule has 0 aromatic heterocycles. The van der Waals surface area contributed by atoms with E-state index >= 15 is 0 Å². The van der Waals surface area contributed by atoms with E-state index in [1.165, 1.54) is 6.42 Å². The summed E-state index contributed by atoms with van der Waals surface area (Å²) in [7, 11) is -7.35. The zero-order valence-electron chi connectivity index (χ0n) is 10.9. The molecule has 0 rings (SSSR count). The molecule has 0 radical (unpaired) electrons.